The molecule has 0 unspecified atom stereocenters. The van der Waals surface area contributed by atoms with Crippen molar-refractivity contribution in [3.63, 3.8) is 0 Å². The smallest absolute Gasteiger partial charge is 0.358 e. The summed E-state index contributed by atoms with van der Waals surface area (Å²) < 4.78 is 26.8. The molecule has 1 rings (SSSR count). The van der Waals surface area contributed by atoms with Crippen LogP contribution in [0.5, 0.6) is 5.75 Å². The molecule has 1 N–H and O–H groups in total. The van der Waals surface area contributed by atoms with Gasteiger partial charge in [0.1, 0.15) is 0 Å². The Kier molecular flexibility index (Phi) is 2.89. The highest BCUT2D eigenvalue weighted by atomic mass is 32.2. The molecule has 82 valence electrons. The van der Waals surface area contributed by atoms with Gasteiger partial charge in [0.05, 0.1) is 13.3 Å². The molecule has 0 saturated carbocycles. The zero-order chi connectivity index (χ0) is 11.6. The Bertz CT molecular complexity index is 496. The Balaban J connectivity index is 3.42. The summed E-state index contributed by atoms with van der Waals surface area (Å²) in [5.74, 6) is -1.46. The molecule has 1 heterocycles. The minimum absolute atomic E-state index is 0.0881. The first-order valence-corrected chi connectivity index (χ1v) is 5.59. The molecule has 0 bridgehead atoms. The normalized spacial score (nSPS) is 11.1. The van der Waals surface area contributed by atoms with Crippen molar-refractivity contribution < 1.29 is 23.1 Å². The Hall–Kier alpha value is -1.70. The number of rotatable bonds is 3. The van der Waals surface area contributed by atoms with Crippen LogP contribution in [0, 0.1) is 0 Å². The highest BCUT2D eigenvalue weighted by Gasteiger charge is 2.19. The maximum Gasteiger partial charge on any atom is 0.358 e. The van der Waals surface area contributed by atoms with Gasteiger partial charge in [-0.05, 0) is 0 Å². The predicted molar refractivity (Wildman–Crippen MR) is 48.7 cm³/mol. The van der Waals surface area contributed by atoms with Crippen LogP contribution in [-0.4, -0.2) is 42.8 Å². The summed E-state index contributed by atoms with van der Waals surface area (Å²) in [6.45, 7) is 0. The lowest BCUT2D eigenvalue weighted by molar-refractivity contribution is 0.0685. The molecule has 0 amide bonds. The van der Waals surface area contributed by atoms with E-state index in [0.717, 1.165) is 12.5 Å². The zero-order valence-electron chi connectivity index (χ0n) is 7.96. The molecule has 0 fully saturated rings. The van der Waals surface area contributed by atoms with Gasteiger partial charge in [0.15, 0.2) is 11.4 Å². The van der Waals surface area contributed by atoms with Gasteiger partial charge in [-0.3, -0.25) is 0 Å². The molecule has 0 saturated heterocycles. The summed E-state index contributed by atoms with van der Waals surface area (Å²) in [5.41, 5.74) is -0.479. The molecule has 1 aromatic rings. The van der Waals surface area contributed by atoms with Crippen molar-refractivity contribution in [1.29, 1.82) is 0 Å². The van der Waals surface area contributed by atoms with Crippen molar-refractivity contribution in [2.24, 2.45) is 0 Å². The lowest BCUT2D eigenvalue weighted by Crippen LogP contribution is -2.11. The minimum atomic E-state index is -3.62. The van der Waals surface area contributed by atoms with Gasteiger partial charge in [0.25, 0.3) is 0 Å². The quantitative estimate of drug-likeness (QED) is 0.705. The van der Waals surface area contributed by atoms with Crippen molar-refractivity contribution in [2.75, 3.05) is 13.4 Å². The maximum atomic E-state index is 11.0. The van der Waals surface area contributed by atoms with Crippen LogP contribution in [0.25, 0.3) is 0 Å². The van der Waals surface area contributed by atoms with Gasteiger partial charge in [-0.1, -0.05) is 0 Å². The van der Waals surface area contributed by atoms with E-state index in [-0.39, 0.29) is 5.75 Å². The molecule has 0 spiro atoms. The SMILES string of the molecule is COc1cnc(S(C)(=O)=O)nc1C(=O)O. The molecule has 0 atom stereocenters. The second-order valence-corrected chi connectivity index (χ2v) is 4.56. The molecule has 0 aliphatic rings. The monoisotopic (exact) mass is 232 g/mol. The Morgan fingerprint density at radius 1 is 1.53 bits per heavy atom. The highest BCUT2D eigenvalue weighted by molar-refractivity contribution is 7.90. The lowest BCUT2D eigenvalue weighted by Gasteiger charge is -2.04. The standard InChI is InChI=1S/C7H8N2O5S/c1-14-4-3-8-7(15(2,12)13)9-5(4)6(10)11/h3H,1-2H3,(H,10,11). The zero-order valence-corrected chi connectivity index (χ0v) is 8.78. The van der Waals surface area contributed by atoms with Crippen LogP contribution in [0.15, 0.2) is 11.4 Å². The molecule has 15 heavy (non-hydrogen) atoms. The molecule has 0 aromatic carbocycles. The number of methoxy groups -OCH3 is 1. The van der Waals surface area contributed by atoms with Gasteiger partial charge in [-0.2, -0.15) is 0 Å². The first-order chi connectivity index (χ1) is 6.86. The third kappa shape index (κ3) is 2.40. The molecular formula is C7H8N2O5S. The van der Waals surface area contributed by atoms with E-state index in [9.17, 15) is 13.2 Å². The first-order valence-electron chi connectivity index (χ1n) is 3.70. The van der Waals surface area contributed by atoms with Gasteiger partial charge < -0.3 is 9.84 Å². The van der Waals surface area contributed by atoms with E-state index < -0.39 is 26.7 Å². The van der Waals surface area contributed by atoms with E-state index in [2.05, 4.69) is 14.7 Å². The van der Waals surface area contributed by atoms with Crippen LogP contribution in [0.3, 0.4) is 0 Å². The van der Waals surface area contributed by atoms with Gasteiger partial charge in [0.2, 0.25) is 15.0 Å². The third-order valence-electron chi connectivity index (χ3n) is 1.49. The number of nitrogens with zero attached hydrogens (tertiary/aromatic N) is 2. The average Bonchev–Trinajstić information content (AvgIpc) is 2.15. The van der Waals surface area contributed by atoms with Crippen LogP contribution in [0.4, 0.5) is 0 Å². The first kappa shape index (κ1) is 11.4. The summed E-state index contributed by atoms with van der Waals surface area (Å²) >= 11 is 0. The number of aromatic carboxylic acids is 1. The van der Waals surface area contributed by atoms with Crippen molar-refractivity contribution in [1.82, 2.24) is 9.97 Å². The van der Waals surface area contributed by atoms with E-state index in [1.165, 1.54) is 7.11 Å². The van der Waals surface area contributed by atoms with Crippen molar-refractivity contribution in [2.45, 2.75) is 5.16 Å². The van der Waals surface area contributed by atoms with E-state index in [0.29, 0.717) is 0 Å². The molecule has 7 nitrogen and oxygen atoms in total. The number of hydrogen-bond acceptors (Lipinski definition) is 6. The van der Waals surface area contributed by atoms with Crippen LogP contribution in [0.1, 0.15) is 10.5 Å². The fourth-order valence-corrected chi connectivity index (χ4v) is 1.34. The lowest BCUT2D eigenvalue weighted by atomic mass is 10.4. The van der Waals surface area contributed by atoms with Gasteiger partial charge in [0, 0.05) is 6.26 Å². The third-order valence-corrected chi connectivity index (χ3v) is 2.35. The number of carbonyl (C=O) groups is 1. The molecular weight excluding hydrogens is 224 g/mol. The van der Waals surface area contributed by atoms with Gasteiger partial charge >= 0.3 is 5.97 Å². The number of carboxylic acids is 1. The summed E-state index contributed by atoms with van der Waals surface area (Å²) in [4.78, 5) is 17.6. The Morgan fingerprint density at radius 3 is 2.53 bits per heavy atom. The maximum absolute atomic E-state index is 11.0. The number of hydrogen-bond donors (Lipinski definition) is 1. The van der Waals surface area contributed by atoms with E-state index in [4.69, 9.17) is 5.11 Å². The summed E-state index contributed by atoms with van der Waals surface area (Å²) in [6.07, 6.45) is 1.90. The highest BCUT2D eigenvalue weighted by Crippen LogP contribution is 2.15. The van der Waals surface area contributed by atoms with Crippen molar-refractivity contribution >= 4 is 15.8 Å². The van der Waals surface area contributed by atoms with Crippen molar-refractivity contribution in [3.8, 4) is 5.75 Å². The van der Waals surface area contributed by atoms with Crippen LogP contribution >= 0.6 is 0 Å². The summed E-state index contributed by atoms with van der Waals surface area (Å²) in [6, 6.07) is 0. The van der Waals surface area contributed by atoms with Crippen LogP contribution in [-0.2, 0) is 9.84 Å². The number of sulfone groups is 1. The fourth-order valence-electron chi connectivity index (χ4n) is 0.836. The second kappa shape index (κ2) is 3.81. The molecule has 1 aromatic heterocycles. The number of ether oxygens (including phenoxy) is 1. The predicted octanol–water partition coefficient (Wildman–Crippen LogP) is -0.413. The molecule has 0 aliphatic carbocycles. The van der Waals surface area contributed by atoms with Crippen LogP contribution < -0.4 is 4.74 Å². The van der Waals surface area contributed by atoms with Gasteiger partial charge in [-0.25, -0.2) is 23.2 Å². The minimum Gasteiger partial charge on any atom is -0.493 e. The number of carboxylic acid groups (broad SMARTS) is 1. The summed E-state index contributed by atoms with van der Waals surface area (Å²) in [5, 5.41) is 8.18. The average molecular weight is 232 g/mol. The molecule has 0 radical (unpaired) electrons. The van der Waals surface area contributed by atoms with E-state index >= 15 is 0 Å². The largest absolute Gasteiger partial charge is 0.493 e. The Morgan fingerprint density at radius 2 is 2.13 bits per heavy atom. The number of aromatic nitrogens is 2. The summed E-state index contributed by atoms with van der Waals surface area (Å²) in [7, 11) is -2.38. The topological polar surface area (TPSA) is 106 Å². The van der Waals surface area contributed by atoms with E-state index in [1.54, 1.807) is 0 Å². The van der Waals surface area contributed by atoms with Crippen LogP contribution in [0.2, 0.25) is 0 Å². The molecule has 8 heteroatoms. The second-order valence-electron chi connectivity index (χ2n) is 2.65. The van der Waals surface area contributed by atoms with E-state index in [1.807, 2.05) is 0 Å². The molecule has 0 aliphatic heterocycles. The van der Waals surface area contributed by atoms with Gasteiger partial charge in [-0.15, -0.1) is 0 Å². The van der Waals surface area contributed by atoms with Crippen molar-refractivity contribution in [3.05, 3.63) is 11.9 Å². The fraction of sp³-hybridized carbons (Fsp3) is 0.286. The Labute approximate surface area is 85.7 Å².